The van der Waals surface area contributed by atoms with Gasteiger partial charge in [-0.1, -0.05) is 41.6 Å². The first-order valence-corrected chi connectivity index (χ1v) is 10.5. The Morgan fingerprint density at radius 1 is 1.13 bits per heavy atom. The van der Waals surface area contributed by atoms with Gasteiger partial charge in [0.15, 0.2) is 0 Å². The number of hydrogen-bond acceptors (Lipinski definition) is 2. The van der Waals surface area contributed by atoms with Gasteiger partial charge in [0.25, 0.3) is 0 Å². The Hall–Kier alpha value is -0.580. The number of hydrogen-bond donors (Lipinski definition) is 0. The van der Waals surface area contributed by atoms with Crippen molar-refractivity contribution in [1.82, 2.24) is 0 Å². The zero-order chi connectivity index (χ0) is 16.0. The van der Waals surface area contributed by atoms with Crippen LogP contribution < -0.4 is 4.74 Å². The molecule has 0 spiro atoms. The van der Waals surface area contributed by atoms with Crippen molar-refractivity contribution < 1.29 is 9.53 Å². The average molecular weight is 424 g/mol. The number of ether oxygens (including phenoxy) is 1. The van der Waals surface area contributed by atoms with Gasteiger partial charge >= 0.3 is 5.97 Å². The Morgan fingerprint density at radius 3 is 2.13 bits per heavy atom. The molecule has 3 heteroatoms. The summed E-state index contributed by atoms with van der Waals surface area (Å²) >= 11 is 2.41. The fourth-order valence-corrected chi connectivity index (χ4v) is 6.04. The molecule has 124 valence electrons. The van der Waals surface area contributed by atoms with E-state index in [1.807, 2.05) is 12.1 Å². The van der Waals surface area contributed by atoms with Gasteiger partial charge in [0.05, 0.1) is 5.41 Å². The monoisotopic (exact) mass is 424 g/mol. The lowest BCUT2D eigenvalue weighted by molar-refractivity contribution is -0.161. The summed E-state index contributed by atoms with van der Waals surface area (Å²) in [7, 11) is 0. The summed E-state index contributed by atoms with van der Waals surface area (Å²) in [4.78, 5) is 12.9. The van der Waals surface area contributed by atoms with Gasteiger partial charge in [0, 0.05) is 4.43 Å². The van der Waals surface area contributed by atoms with Crippen LogP contribution in [0.1, 0.15) is 56.9 Å². The van der Waals surface area contributed by atoms with Crippen LogP contribution >= 0.6 is 22.6 Å². The first-order chi connectivity index (χ1) is 11.1. The van der Waals surface area contributed by atoms with E-state index < -0.39 is 0 Å². The molecule has 0 saturated heterocycles. The van der Waals surface area contributed by atoms with E-state index in [1.54, 1.807) is 0 Å². The molecule has 5 rings (SSSR count). The number of rotatable bonds is 4. The standard InChI is InChI=1S/C20H25IO2/c1-13(12-21)17-2-4-18(5-3-17)23-19(22)20-9-14-6-15(10-20)8-16(7-14)11-20/h2-5,13-16H,6-12H2,1H3. The van der Waals surface area contributed by atoms with Gasteiger partial charge in [0.2, 0.25) is 0 Å². The lowest BCUT2D eigenvalue weighted by Crippen LogP contribution is -2.51. The van der Waals surface area contributed by atoms with Gasteiger partial charge < -0.3 is 4.74 Å². The molecular weight excluding hydrogens is 399 g/mol. The molecule has 4 aliphatic rings. The number of carbonyl (C=O) groups is 1. The Morgan fingerprint density at radius 2 is 1.65 bits per heavy atom. The molecule has 4 fully saturated rings. The van der Waals surface area contributed by atoms with Crippen LogP contribution in [0.25, 0.3) is 0 Å². The summed E-state index contributed by atoms with van der Waals surface area (Å²) < 4.78 is 6.93. The van der Waals surface area contributed by atoms with E-state index in [4.69, 9.17) is 4.74 Å². The van der Waals surface area contributed by atoms with Crippen molar-refractivity contribution in [3.05, 3.63) is 29.8 Å². The summed E-state index contributed by atoms with van der Waals surface area (Å²) in [5.41, 5.74) is 1.15. The van der Waals surface area contributed by atoms with Gasteiger partial charge in [-0.2, -0.15) is 0 Å². The summed E-state index contributed by atoms with van der Waals surface area (Å²) in [5, 5.41) is 0. The maximum absolute atomic E-state index is 12.9. The average Bonchev–Trinajstić information content (AvgIpc) is 2.53. The quantitative estimate of drug-likeness (QED) is 0.282. The highest BCUT2D eigenvalue weighted by Gasteiger charge is 2.55. The minimum Gasteiger partial charge on any atom is -0.426 e. The first kappa shape index (κ1) is 15.9. The molecule has 0 heterocycles. The number of esters is 1. The molecule has 1 atom stereocenters. The molecule has 1 aromatic carbocycles. The third kappa shape index (κ3) is 2.94. The molecule has 4 bridgehead atoms. The Bertz CT molecular complexity index is 557. The maximum atomic E-state index is 12.9. The fourth-order valence-electron chi connectivity index (χ4n) is 5.53. The van der Waals surface area contributed by atoms with Crippen LogP contribution in [-0.4, -0.2) is 10.4 Å². The molecule has 4 aliphatic carbocycles. The summed E-state index contributed by atoms with van der Waals surface area (Å²) in [6.07, 6.45) is 7.28. The van der Waals surface area contributed by atoms with Gasteiger partial charge in [0.1, 0.15) is 5.75 Å². The molecule has 0 N–H and O–H groups in total. The molecule has 2 nitrogen and oxygen atoms in total. The van der Waals surface area contributed by atoms with Crippen molar-refractivity contribution in [3.8, 4) is 5.75 Å². The topological polar surface area (TPSA) is 26.3 Å². The molecule has 0 aliphatic heterocycles. The third-order valence-electron chi connectivity index (χ3n) is 6.36. The van der Waals surface area contributed by atoms with Crippen LogP contribution in [0.2, 0.25) is 0 Å². The second-order valence-electron chi connectivity index (χ2n) is 8.21. The van der Waals surface area contributed by atoms with Crippen LogP contribution in [-0.2, 0) is 4.79 Å². The SMILES string of the molecule is CC(CI)c1ccc(OC(=O)C23CC4CC(CC(C4)C2)C3)cc1. The summed E-state index contributed by atoms with van der Waals surface area (Å²) in [6.45, 7) is 2.23. The molecule has 23 heavy (non-hydrogen) atoms. The Labute approximate surface area is 152 Å². The Kier molecular flexibility index (Phi) is 4.19. The molecule has 0 aromatic heterocycles. The maximum Gasteiger partial charge on any atom is 0.317 e. The summed E-state index contributed by atoms with van der Waals surface area (Å²) in [5.74, 6) is 3.65. The fraction of sp³-hybridized carbons (Fsp3) is 0.650. The minimum absolute atomic E-state index is 0.0475. The van der Waals surface area contributed by atoms with Crippen molar-refractivity contribution in [3.63, 3.8) is 0 Å². The van der Waals surface area contributed by atoms with E-state index >= 15 is 0 Å². The van der Waals surface area contributed by atoms with Gasteiger partial charge in [-0.05, 0) is 79.9 Å². The molecule has 0 radical (unpaired) electrons. The number of benzene rings is 1. The molecule has 1 unspecified atom stereocenters. The van der Waals surface area contributed by atoms with Crippen LogP contribution in [0, 0.1) is 23.2 Å². The third-order valence-corrected chi connectivity index (χ3v) is 7.68. The van der Waals surface area contributed by atoms with E-state index in [1.165, 1.54) is 24.8 Å². The lowest BCUT2D eigenvalue weighted by atomic mass is 9.49. The normalized spacial score (nSPS) is 36.0. The van der Waals surface area contributed by atoms with Crippen molar-refractivity contribution in [2.75, 3.05) is 4.43 Å². The van der Waals surface area contributed by atoms with E-state index in [0.29, 0.717) is 5.92 Å². The Balaban J connectivity index is 1.48. The highest BCUT2D eigenvalue weighted by molar-refractivity contribution is 14.1. The van der Waals surface area contributed by atoms with E-state index in [0.717, 1.165) is 47.2 Å². The zero-order valence-corrected chi connectivity index (χ0v) is 15.9. The first-order valence-electron chi connectivity index (χ1n) is 8.96. The van der Waals surface area contributed by atoms with Crippen LogP contribution in [0.15, 0.2) is 24.3 Å². The van der Waals surface area contributed by atoms with Crippen molar-refractivity contribution >= 4 is 28.6 Å². The highest BCUT2D eigenvalue weighted by Crippen LogP contribution is 2.60. The molecule has 0 amide bonds. The molecule has 1 aromatic rings. The van der Waals surface area contributed by atoms with E-state index in [2.05, 4.69) is 41.6 Å². The highest BCUT2D eigenvalue weighted by atomic mass is 127. The zero-order valence-electron chi connectivity index (χ0n) is 13.8. The van der Waals surface area contributed by atoms with Crippen molar-refractivity contribution in [1.29, 1.82) is 0 Å². The molecular formula is C20H25IO2. The van der Waals surface area contributed by atoms with Crippen LogP contribution in [0.3, 0.4) is 0 Å². The van der Waals surface area contributed by atoms with E-state index in [9.17, 15) is 4.79 Å². The van der Waals surface area contributed by atoms with Gasteiger partial charge in [-0.3, -0.25) is 4.79 Å². The van der Waals surface area contributed by atoms with Crippen LogP contribution in [0.5, 0.6) is 5.75 Å². The second kappa shape index (κ2) is 6.05. The predicted octanol–water partition coefficient (Wildman–Crippen LogP) is 5.35. The number of alkyl halides is 1. The number of carbonyl (C=O) groups excluding carboxylic acids is 1. The largest absolute Gasteiger partial charge is 0.426 e. The smallest absolute Gasteiger partial charge is 0.317 e. The minimum atomic E-state index is -0.164. The predicted molar refractivity (Wildman–Crippen MR) is 100.0 cm³/mol. The summed E-state index contributed by atoms with van der Waals surface area (Å²) in [6, 6.07) is 8.14. The van der Waals surface area contributed by atoms with E-state index in [-0.39, 0.29) is 11.4 Å². The van der Waals surface area contributed by atoms with Crippen molar-refractivity contribution in [2.24, 2.45) is 23.2 Å². The van der Waals surface area contributed by atoms with Gasteiger partial charge in [-0.15, -0.1) is 0 Å². The number of halogens is 1. The van der Waals surface area contributed by atoms with Gasteiger partial charge in [-0.25, -0.2) is 0 Å². The molecule has 4 saturated carbocycles. The lowest BCUT2D eigenvalue weighted by Gasteiger charge is -2.55. The van der Waals surface area contributed by atoms with Crippen molar-refractivity contribution in [2.45, 2.75) is 51.4 Å². The second-order valence-corrected chi connectivity index (χ2v) is 9.09. The van der Waals surface area contributed by atoms with Crippen LogP contribution in [0.4, 0.5) is 0 Å².